The Hall–Kier alpha value is -1.39. The molecule has 0 aliphatic heterocycles. The molecular formula is C8H12O5. The Morgan fingerprint density at radius 1 is 1.31 bits per heavy atom. The number of rotatable bonds is 4. The van der Waals surface area contributed by atoms with Crippen LogP contribution in [0.5, 0.6) is 0 Å². The number of carbonyl (C=O) groups excluding carboxylic acids is 3. The molecule has 0 rings (SSSR count). The molecule has 0 aromatic rings. The van der Waals surface area contributed by atoms with Gasteiger partial charge in [0, 0.05) is 6.92 Å². The van der Waals surface area contributed by atoms with E-state index in [1.54, 1.807) is 6.92 Å². The molecule has 5 nitrogen and oxygen atoms in total. The summed E-state index contributed by atoms with van der Waals surface area (Å²) in [6.07, 6.45) is -1.07. The molecule has 13 heavy (non-hydrogen) atoms. The van der Waals surface area contributed by atoms with Crippen molar-refractivity contribution in [2.24, 2.45) is 0 Å². The molecule has 74 valence electrons. The smallest absolute Gasteiger partial charge is 0.378 e. The number of ketones is 1. The fourth-order valence-corrected chi connectivity index (χ4v) is 0.671. The van der Waals surface area contributed by atoms with Gasteiger partial charge in [0.25, 0.3) is 5.78 Å². The fraction of sp³-hybridized carbons (Fsp3) is 0.625. The van der Waals surface area contributed by atoms with E-state index >= 15 is 0 Å². The Kier molecular flexibility index (Phi) is 4.72. The summed E-state index contributed by atoms with van der Waals surface area (Å²) in [4.78, 5) is 32.2. The van der Waals surface area contributed by atoms with Crippen LogP contribution in [0, 0.1) is 0 Å². The maximum atomic E-state index is 11.0. The predicted molar refractivity (Wildman–Crippen MR) is 42.9 cm³/mol. The van der Waals surface area contributed by atoms with Gasteiger partial charge in [-0.1, -0.05) is 0 Å². The van der Waals surface area contributed by atoms with Crippen molar-refractivity contribution in [2.45, 2.75) is 26.9 Å². The van der Waals surface area contributed by atoms with Crippen molar-refractivity contribution < 1.29 is 23.9 Å². The van der Waals surface area contributed by atoms with E-state index in [2.05, 4.69) is 9.47 Å². The standard InChI is InChI=1S/C8H12O5/c1-4-12-8(11)7(10)5(2)13-6(3)9/h5H,4H2,1-3H3. The maximum Gasteiger partial charge on any atom is 0.378 e. The normalized spacial score (nSPS) is 11.6. The Bertz CT molecular complexity index is 221. The first kappa shape index (κ1) is 11.6. The summed E-state index contributed by atoms with van der Waals surface area (Å²) in [5.74, 6) is -2.43. The molecule has 0 saturated heterocycles. The van der Waals surface area contributed by atoms with Crippen LogP contribution in [-0.4, -0.2) is 30.4 Å². The van der Waals surface area contributed by atoms with Gasteiger partial charge in [0.15, 0.2) is 6.10 Å². The third kappa shape index (κ3) is 4.25. The van der Waals surface area contributed by atoms with Crippen LogP contribution in [0.4, 0.5) is 0 Å². The lowest BCUT2D eigenvalue weighted by Crippen LogP contribution is -2.31. The summed E-state index contributed by atoms with van der Waals surface area (Å²) in [5, 5.41) is 0. The van der Waals surface area contributed by atoms with Gasteiger partial charge in [-0.2, -0.15) is 0 Å². The maximum absolute atomic E-state index is 11.0. The highest BCUT2D eigenvalue weighted by atomic mass is 16.6. The number of ether oxygens (including phenoxy) is 2. The zero-order valence-electron chi connectivity index (χ0n) is 7.83. The zero-order valence-corrected chi connectivity index (χ0v) is 7.83. The number of carbonyl (C=O) groups is 3. The minimum Gasteiger partial charge on any atom is -0.460 e. The Balaban J connectivity index is 4.09. The molecule has 0 fully saturated rings. The van der Waals surface area contributed by atoms with Crippen molar-refractivity contribution in [1.29, 1.82) is 0 Å². The van der Waals surface area contributed by atoms with Crippen molar-refractivity contribution >= 4 is 17.7 Å². The Morgan fingerprint density at radius 2 is 1.85 bits per heavy atom. The largest absolute Gasteiger partial charge is 0.460 e. The summed E-state index contributed by atoms with van der Waals surface area (Å²) >= 11 is 0. The number of hydrogen-bond donors (Lipinski definition) is 0. The van der Waals surface area contributed by atoms with Crippen LogP contribution in [0.25, 0.3) is 0 Å². The molecule has 0 radical (unpaired) electrons. The van der Waals surface area contributed by atoms with Crippen LogP contribution in [-0.2, 0) is 23.9 Å². The minimum absolute atomic E-state index is 0.122. The molecule has 1 atom stereocenters. The lowest BCUT2D eigenvalue weighted by molar-refractivity contribution is -0.162. The molecule has 0 saturated carbocycles. The molecular weight excluding hydrogens is 176 g/mol. The van der Waals surface area contributed by atoms with Gasteiger partial charge in [0.2, 0.25) is 0 Å². The van der Waals surface area contributed by atoms with Crippen molar-refractivity contribution in [3.05, 3.63) is 0 Å². The van der Waals surface area contributed by atoms with Crippen LogP contribution in [0.3, 0.4) is 0 Å². The van der Waals surface area contributed by atoms with E-state index in [0.29, 0.717) is 0 Å². The molecule has 0 N–H and O–H groups in total. The van der Waals surface area contributed by atoms with Gasteiger partial charge < -0.3 is 9.47 Å². The van der Waals surface area contributed by atoms with Gasteiger partial charge in [-0.15, -0.1) is 0 Å². The summed E-state index contributed by atoms with van der Waals surface area (Å²) in [6, 6.07) is 0. The quantitative estimate of drug-likeness (QED) is 0.461. The molecule has 0 aromatic carbocycles. The molecule has 0 aromatic heterocycles. The summed E-state index contributed by atoms with van der Waals surface area (Å²) in [6.45, 7) is 4.19. The highest BCUT2D eigenvalue weighted by molar-refractivity contribution is 6.35. The first-order valence-electron chi connectivity index (χ1n) is 3.87. The number of Topliss-reactive ketones (excluding diaryl/α,β-unsaturated/α-hetero) is 1. The second-order valence-electron chi connectivity index (χ2n) is 2.34. The van der Waals surface area contributed by atoms with Crippen molar-refractivity contribution in [1.82, 2.24) is 0 Å². The Morgan fingerprint density at radius 3 is 2.23 bits per heavy atom. The molecule has 1 unspecified atom stereocenters. The van der Waals surface area contributed by atoms with Crippen LogP contribution >= 0.6 is 0 Å². The molecule has 0 heterocycles. The number of hydrogen-bond acceptors (Lipinski definition) is 5. The van der Waals surface area contributed by atoms with Crippen LogP contribution < -0.4 is 0 Å². The topological polar surface area (TPSA) is 69.7 Å². The summed E-state index contributed by atoms with van der Waals surface area (Å²) < 4.78 is 8.92. The number of esters is 2. The Labute approximate surface area is 76.0 Å². The second kappa shape index (κ2) is 5.29. The SMILES string of the molecule is CCOC(=O)C(=O)C(C)OC(C)=O. The molecule has 5 heteroatoms. The third-order valence-electron chi connectivity index (χ3n) is 1.19. The molecule has 0 aliphatic rings. The second-order valence-corrected chi connectivity index (χ2v) is 2.34. The van der Waals surface area contributed by atoms with E-state index in [1.807, 2.05) is 0 Å². The van der Waals surface area contributed by atoms with Crippen molar-refractivity contribution in [2.75, 3.05) is 6.61 Å². The van der Waals surface area contributed by atoms with E-state index in [0.717, 1.165) is 6.92 Å². The molecule has 0 aliphatic carbocycles. The van der Waals surface area contributed by atoms with Crippen LogP contribution in [0.1, 0.15) is 20.8 Å². The van der Waals surface area contributed by atoms with Gasteiger partial charge in [0.05, 0.1) is 6.61 Å². The molecule has 0 spiro atoms. The van der Waals surface area contributed by atoms with E-state index in [-0.39, 0.29) is 6.61 Å². The van der Waals surface area contributed by atoms with Gasteiger partial charge in [-0.25, -0.2) is 4.79 Å². The lowest BCUT2D eigenvalue weighted by atomic mass is 10.2. The van der Waals surface area contributed by atoms with E-state index < -0.39 is 23.8 Å². The monoisotopic (exact) mass is 188 g/mol. The third-order valence-corrected chi connectivity index (χ3v) is 1.19. The summed E-state index contributed by atoms with van der Waals surface area (Å²) in [7, 11) is 0. The van der Waals surface area contributed by atoms with E-state index in [4.69, 9.17) is 0 Å². The van der Waals surface area contributed by atoms with Crippen LogP contribution in [0.15, 0.2) is 0 Å². The van der Waals surface area contributed by atoms with Gasteiger partial charge in [0.1, 0.15) is 0 Å². The lowest BCUT2D eigenvalue weighted by Gasteiger charge is -2.08. The van der Waals surface area contributed by atoms with E-state index in [1.165, 1.54) is 6.92 Å². The first-order chi connectivity index (χ1) is 5.99. The van der Waals surface area contributed by atoms with E-state index in [9.17, 15) is 14.4 Å². The zero-order chi connectivity index (χ0) is 10.4. The van der Waals surface area contributed by atoms with Crippen LogP contribution in [0.2, 0.25) is 0 Å². The fourth-order valence-electron chi connectivity index (χ4n) is 0.671. The minimum atomic E-state index is -1.07. The highest BCUT2D eigenvalue weighted by Crippen LogP contribution is 1.95. The predicted octanol–water partition coefficient (Wildman–Crippen LogP) is 0.0702. The van der Waals surface area contributed by atoms with Crippen molar-refractivity contribution in [3.63, 3.8) is 0 Å². The average molecular weight is 188 g/mol. The summed E-state index contributed by atoms with van der Waals surface area (Å²) in [5.41, 5.74) is 0. The van der Waals surface area contributed by atoms with Gasteiger partial charge in [-0.05, 0) is 13.8 Å². The average Bonchev–Trinajstić information content (AvgIpc) is 2.02. The van der Waals surface area contributed by atoms with Crippen molar-refractivity contribution in [3.8, 4) is 0 Å². The highest BCUT2D eigenvalue weighted by Gasteiger charge is 2.24. The molecule has 0 bridgehead atoms. The molecule has 0 amide bonds. The first-order valence-corrected chi connectivity index (χ1v) is 3.87. The van der Waals surface area contributed by atoms with Gasteiger partial charge >= 0.3 is 11.9 Å². The van der Waals surface area contributed by atoms with Gasteiger partial charge in [-0.3, -0.25) is 9.59 Å².